The van der Waals surface area contributed by atoms with Crippen LogP contribution in [0.4, 0.5) is 4.39 Å². The van der Waals surface area contributed by atoms with E-state index in [-0.39, 0.29) is 35.9 Å². The number of rotatable bonds is 5. The molecule has 7 nitrogen and oxygen atoms in total. The van der Waals surface area contributed by atoms with Crippen molar-refractivity contribution in [3.63, 3.8) is 0 Å². The third-order valence-corrected chi connectivity index (χ3v) is 4.67. The van der Waals surface area contributed by atoms with Gasteiger partial charge in [-0.2, -0.15) is 0 Å². The molecule has 2 heterocycles. The number of carbonyl (C=O) groups is 2. The fourth-order valence-electron chi connectivity index (χ4n) is 3.30. The number of hydrogen-bond acceptors (Lipinski definition) is 4. The maximum Gasteiger partial charge on any atom is 0.276 e. The molecular formula is C21H24FN5O2. The summed E-state index contributed by atoms with van der Waals surface area (Å²) in [5, 5.41) is 2.85. The van der Waals surface area contributed by atoms with Crippen LogP contribution < -0.4 is 5.32 Å². The van der Waals surface area contributed by atoms with E-state index in [1.165, 1.54) is 17.0 Å². The van der Waals surface area contributed by atoms with Crippen LogP contribution in [-0.4, -0.2) is 50.7 Å². The lowest BCUT2D eigenvalue weighted by Gasteiger charge is -2.22. The first-order chi connectivity index (χ1) is 13.7. The van der Waals surface area contributed by atoms with Crippen LogP contribution in [0.3, 0.4) is 0 Å². The van der Waals surface area contributed by atoms with Gasteiger partial charge in [-0.3, -0.25) is 9.59 Å². The standard InChI is InChI=1S/C21H24FN5O2/c1-12-8-16(9-13(2)17(12)22)20(28)25-14(3)10-26(5)21(29)18-19-24-15(4)11-27(19)7-6-23-18/h6-9,11,14H,10H2,1-5H3,(H,25,28). The van der Waals surface area contributed by atoms with Gasteiger partial charge >= 0.3 is 0 Å². The summed E-state index contributed by atoms with van der Waals surface area (Å²) >= 11 is 0. The van der Waals surface area contributed by atoms with Crippen molar-refractivity contribution in [1.82, 2.24) is 24.6 Å². The lowest BCUT2D eigenvalue weighted by atomic mass is 10.1. The molecule has 2 amide bonds. The van der Waals surface area contributed by atoms with Crippen LogP contribution in [0.5, 0.6) is 0 Å². The predicted octanol–water partition coefficient (Wildman–Crippen LogP) is 2.68. The van der Waals surface area contributed by atoms with E-state index in [1.54, 1.807) is 44.6 Å². The van der Waals surface area contributed by atoms with Gasteiger partial charge in [-0.15, -0.1) is 0 Å². The molecule has 0 fully saturated rings. The number of imidazole rings is 1. The molecule has 0 radical (unpaired) electrons. The Kier molecular flexibility index (Phi) is 5.63. The van der Waals surface area contributed by atoms with Gasteiger partial charge in [0.1, 0.15) is 5.82 Å². The quantitative estimate of drug-likeness (QED) is 0.718. The minimum atomic E-state index is -0.316. The van der Waals surface area contributed by atoms with E-state index in [0.717, 1.165) is 5.69 Å². The third kappa shape index (κ3) is 4.26. The SMILES string of the molecule is Cc1cn2ccnc(C(=O)N(C)CC(C)NC(=O)c3cc(C)c(F)c(C)c3)c2n1. The van der Waals surface area contributed by atoms with Crippen molar-refractivity contribution in [2.24, 2.45) is 0 Å². The molecule has 1 N–H and O–H groups in total. The third-order valence-electron chi connectivity index (χ3n) is 4.67. The molecule has 0 spiro atoms. The molecule has 1 aromatic carbocycles. The van der Waals surface area contributed by atoms with Gasteiger partial charge in [0.15, 0.2) is 11.3 Å². The number of benzene rings is 1. The predicted molar refractivity (Wildman–Crippen MR) is 107 cm³/mol. The molecule has 3 rings (SSSR count). The largest absolute Gasteiger partial charge is 0.348 e. The monoisotopic (exact) mass is 397 g/mol. The highest BCUT2D eigenvalue weighted by Crippen LogP contribution is 2.15. The average Bonchev–Trinajstić information content (AvgIpc) is 3.04. The van der Waals surface area contributed by atoms with Crippen LogP contribution >= 0.6 is 0 Å². The highest BCUT2D eigenvalue weighted by molar-refractivity contribution is 5.98. The van der Waals surface area contributed by atoms with E-state index in [1.807, 2.05) is 13.1 Å². The molecule has 0 aliphatic rings. The zero-order valence-corrected chi connectivity index (χ0v) is 17.2. The molecule has 0 saturated carbocycles. The molecule has 1 unspecified atom stereocenters. The Hall–Kier alpha value is -3.29. The molecule has 1 atom stereocenters. The van der Waals surface area contributed by atoms with Gasteiger partial charge in [-0.25, -0.2) is 14.4 Å². The molecule has 0 bridgehead atoms. The minimum absolute atomic E-state index is 0.256. The lowest BCUT2D eigenvalue weighted by molar-refractivity contribution is 0.0765. The fraction of sp³-hybridized carbons (Fsp3) is 0.333. The van der Waals surface area contributed by atoms with Gasteiger partial charge in [0.25, 0.3) is 11.8 Å². The molecular weight excluding hydrogens is 373 g/mol. The highest BCUT2D eigenvalue weighted by atomic mass is 19.1. The van der Waals surface area contributed by atoms with Gasteiger partial charge in [-0.05, 0) is 51.0 Å². The Morgan fingerprint density at radius 3 is 2.55 bits per heavy atom. The number of fused-ring (bicyclic) bond motifs is 1. The highest BCUT2D eigenvalue weighted by Gasteiger charge is 2.21. The Morgan fingerprint density at radius 2 is 1.90 bits per heavy atom. The first kappa shape index (κ1) is 20.4. The van der Waals surface area contributed by atoms with Crippen LogP contribution in [0.1, 0.15) is 44.6 Å². The molecule has 8 heteroatoms. The van der Waals surface area contributed by atoms with Crippen LogP contribution in [-0.2, 0) is 0 Å². The van der Waals surface area contributed by atoms with E-state index in [9.17, 15) is 14.0 Å². The summed E-state index contributed by atoms with van der Waals surface area (Å²) < 4.78 is 15.5. The van der Waals surface area contributed by atoms with Crippen LogP contribution in [0.15, 0.2) is 30.7 Å². The topological polar surface area (TPSA) is 79.6 Å². The number of hydrogen-bond donors (Lipinski definition) is 1. The van der Waals surface area contributed by atoms with Crippen LogP contribution in [0, 0.1) is 26.6 Å². The number of nitrogens with one attached hydrogen (secondary N) is 1. The van der Waals surface area contributed by atoms with Crippen molar-refractivity contribution in [1.29, 1.82) is 0 Å². The molecule has 0 saturated heterocycles. The maximum absolute atomic E-state index is 13.8. The summed E-state index contributed by atoms with van der Waals surface area (Å²) in [7, 11) is 1.65. The molecule has 0 aliphatic carbocycles. The second kappa shape index (κ2) is 7.98. The molecule has 152 valence electrons. The number of nitrogens with zero attached hydrogens (tertiary/aromatic N) is 4. The summed E-state index contributed by atoms with van der Waals surface area (Å²) in [5.41, 5.74) is 2.78. The minimum Gasteiger partial charge on any atom is -0.348 e. The van der Waals surface area contributed by atoms with Gasteiger partial charge < -0.3 is 14.6 Å². The molecule has 29 heavy (non-hydrogen) atoms. The van der Waals surface area contributed by atoms with Crippen LogP contribution in [0.25, 0.3) is 5.65 Å². The first-order valence-electron chi connectivity index (χ1n) is 9.30. The number of halogens is 1. The van der Waals surface area contributed by atoms with E-state index in [0.29, 0.717) is 22.3 Å². The summed E-state index contributed by atoms with van der Waals surface area (Å²) in [6.45, 7) is 7.19. The second-order valence-corrected chi connectivity index (χ2v) is 7.37. The Labute approximate surface area is 168 Å². The zero-order chi connectivity index (χ0) is 21.3. The normalized spacial score (nSPS) is 12.1. The van der Waals surface area contributed by atoms with Crippen molar-refractivity contribution in [3.05, 3.63) is 64.6 Å². The van der Waals surface area contributed by atoms with Crippen molar-refractivity contribution >= 4 is 17.5 Å². The number of aromatic nitrogens is 3. The van der Waals surface area contributed by atoms with E-state index in [4.69, 9.17) is 0 Å². The van der Waals surface area contributed by atoms with Crippen molar-refractivity contribution in [3.8, 4) is 0 Å². The van der Waals surface area contributed by atoms with Crippen molar-refractivity contribution in [2.45, 2.75) is 33.7 Å². The van der Waals surface area contributed by atoms with Gasteiger partial charge in [0, 0.05) is 43.8 Å². The van der Waals surface area contributed by atoms with Crippen molar-refractivity contribution < 1.29 is 14.0 Å². The first-order valence-corrected chi connectivity index (χ1v) is 9.30. The van der Waals surface area contributed by atoms with Crippen molar-refractivity contribution in [2.75, 3.05) is 13.6 Å². The van der Waals surface area contributed by atoms with Gasteiger partial charge in [0.2, 0.25) is 0 Å². The summed E-state index contributed by atoms with van der Waals surface area (Å²) in [4.78, 5) is 35.4. The molecule has 0 aliphatic heterocycles. The van der Waals surface area contributed by atoms with E-state index >= 15 is 0 Å². The number of likely N-dealkylation sites (N-methyl/N-ethyl adjacent to an activating group) is 1. The Bertz CT molecular complexity index is 1070. The van der Waals surface area contributed by atoms with E-state index < -0.39 is 0 Å². The lowest BCUT2D eigenvalue weighted by Crippen LogP contribution is -2.43. The van der Waals surface area contributed by atoms with Gasteiger partial charge in [0.05, 0.1) is 5.69 Å². The number of carbonyl (C=O) groups excluding carboxylic acids is 2. The summed E-state index contributed by atoms with van der Waals surface area (Å²) in [6.07, 6.45) is 5.12. The Morgan fingerprint density at radius 1 is 1.24 bits per heavy atom. The maximum atomic E-state index is 13.8. The Balaban J connectivity index is 1.69. The summed E-state index contributed by atoms with van der Waals surface area (Å²) in [5.74, 6) is -0.903. The summed E-state index contributed by atoms with van der Waals surface area (Å²) in [6, 6.07) is 2.72. The number of aryl methyl sites for hydroxylation is 3. The van der Waals surface area contributed by atoms with Crippen LogP contribution in [0.2, 0.25) is 0 Å². The fourth-order valence-corrected chi connectivity index (χ4v) is 3.30. The van der Waals surface area contributed by atoms with E-state index in [2.05, 4.69) is 15.3 Å². The number of amides is 2. The molecule has 3 aromatic rings. The zero-order valence-electron chi connectivity index (χ0n) is 17.2. The molecule has 2 aromatic heterocycles. The van der Waals surface area contributed by atoms with Gasteiger partial charge in [-0.1, -0.05) is 0 Å². The second-order valence-electron chi connectivity index (χ2n) is 7.37. The smallest absolute Gasteiger partial charge is 0.276 e. The average molecular weight is 397 g/mol.